The van der Waals surface area contributed by atoms with Crippen molar-refractivity contribution >= 4 is 16.9 Å². The monoisotopic (exact) mass is 318 g/mol. The molecule has 22 heavy (non-hydrogen) atoms. The molecular formula is C20H30OS. The van der Waals surface area contributed by atoms with Crippen molar-refractivity contribution in [2.24, 2.45) is 0 Å². The Kier molecular flexibility index (Phi) is 9.22. The van der Waals surface area contributed by atoms with E-state index in [4.69, 9.17) is 0 Å². The van der Waals surface area contributed by atoms with Gasteiger partial charge in [-0.15, -0.1) is 6.58 Å². The Morgan fingerprint density at radius 2 is 1.68 bits per heavy atom. The molecule has 0 amide bonds. The van der Waals surface area contributed by atoms with E-state index in [1.54, 1.807) is 0 Å². The van der Waals surface area contributed by atoms with Crippen LogP contribution in [0.25, 0.3) is 0 Å². The van der Waals surface area contributed by atoms with E-state index in [1.165, 1.54) is 56.7 Å². The van der Waals surface area contributed by atoms with Crippen LogP contribution < -0.4 is 0 Å². The average molecular weight is 319 g/mol. The third kappa shape index (κ3) is 7.31. The summed E-state index contributed by atoms with van der Waals surface area (Å²) in [6.07, 6.45) is 12.0. The summed E-state index contributed by atoms with van der Waals surface area (Å²) in [7, 11) is 0. The topological polar surface area (TPSA) is 17.1 Å². The normalized spacial score (nSPS) is 13.5. The third-order valence-corrected chi connectivity index (χ3v) is 5.30. The van der Waals surface area contributed by atoms with Crippen LogP contribution >= 0.6 is 11.8 Å². The molecule has 1 atom stereocenters. The van der Waals surface area contributed by atoms with Crippen molar-refractivity contribution in [3.63, 3.8) is 0 Å². The van der Waals surface area contributed by atoms with Gasteiger partial charge < -0.3 is 0 Å². The molecule has 0 aromatic heterocycles. The van der Waals surface area contributed by atoms with E-state index in [0.717, 1.165) is 12.0 Å². The summed E-state index contributed by atoms with van der Waals surface area (Å²) in [5.41, 5.74) is 0.778. The van der Waals surface area contributed by atoms with Crippen molar-refractivity contribution < 1.29 is 4.79 Å². The number of carbonyl (C=O) groups is 1. The van der Waals surface area contributed by atoms with Crippen LogP contribution in [0.3, 0.4) is 0 Å². The summed E-state index contributed by atoms with van der Waals surface area (Å²) in [5, 5.41) is 0.144. The fourth-order valence-electron chi connectivity index (χ4n) is 2.47. The predicted octanol–water partition coefficient (Wildman–Crippen LogP) is 6.65. The molecule has 1 aromatic carbocycles. The zero-order valence-corrected chi connectivity index (χ0v) is 15.0. The van der Waals surface area contributed by atoms with Crippen molar-refractivity contribution in [3.8, 4) is 0 Å². The molecule has 0 spiro atoms. The maximum absolute atomic E-state index is 12.3. The highest BCUT2D eigenvalue weighted by atomic mass is 32.2. The lowest BCUT2D eigenvalue weighted by Crippen LogP contribution is -2.19. The van der Waals surface area contributed by atoms with Crippen LogP contribution in [-0.2, 0) is 0 Å². The quantitative estimate of drug-likeness (QED) is 0.336. The molecule has 2 heteroatoms. The van der Waals surface area contributed by atoms with Gasteiger partial charge in [0.1, 0.15) is 0 Å². The number of hydrogen-bond donors (Lipinski definition) is 0. The highest BCUT2D eigenvalue weighted by Crippen LogP contribution is 2.34. The number of benzene rings is 1. The van der Waals surface area contributed by atoms with Gasteiger partial charge >= 0.3 is 0 Å². The molecule has 0 saturated carbocycles. The molecule has 0 bridgehead atoms. The van der Waals surface area contributed by atoms with E-state index in [-0.39, 0.29) is 9.86 Å². The van der Waals surface area contributed by atoms with Gasteiger partial charge in [0.2, 0.25) is 5.12 Å². The fourth-order valence-corrected chi connectivity index (χ4v) is 3.48. The number of rotatable bonds is 11. The molecule has 0 aliphatic rings. The summed E-state index contributed by atoms with van der Waals surface area (Å²) in [4.78, 5) is 12.3. The second-order valence-electron chi connectivity index (χ2n) is 6.14. The molecule has 1 unspecified atom stereocenters. The molecule has 1 aromatic rings. The van der Waals surface area contributed by atoms with Gasteiger partial charge in [-0.05, 0) is 13.3 Å². The lowest BCUT2D eigenvalue weighted by Gasteiger charge is -2.24. The first kappa shape index (κ1) is 19.0. The first-order chi connectivity index (χ1) is 10.6. The lowest BCUT2D eigenvalue weighted by molar-refractivity contribution is 0.108. The number of hydrogen-bond acceptors (Lipinski definition) is 2. The van der Waals surface area contributed by atoms with E-state index in [2.05, 4.69) is 20.4 Å². The van der Waals surface area contributed by atoms with E-state index >= 15 is 0 Å². The van der Waals surface area contributed by atoms with Crippen molar-refractivity contribution in [2.75, 3.05) is 0 Å². The molecule has 1 nitrogen and oxygen atoms in total. The first-order valence-corrected chi connectivity index (χ1v) is 9.35. The Balaban J connectivity index is 2.34. The minimum Gasteiger partial charge on any atom is -0.282 e. The molecule has 0 saturated heterocycles. The van der Waals surface area contributed by atoms with Gasteiger partial charge in [0.25, 0.3) is 0 Å². The van der Waals surface area contributed by atoms with Crippen molar-refractivity contribution in [1.82, 2.24) is 0 Å². The lowest BCUT2D eigenvalue weighted by atomic mass is 10.0. The van der Waals surface area contributed by atoms with Crippen LogP contribution in [-0.4, -0.2) is 9.86 Å². The largest absolute Gasteiger partial charge is 0.282 e. The van der Waals surface area contributed by atoms with Crippen LogP contribution in [0, 0.1) is 0 Å². The molecule has 0 fully saturated rings. The number of carbonyl (C=O) groups excluding carboxylic acids is 1. The third-order valence-electron chi connectivity index (χ3n) is 4.04. The SMILES string of the molecule is C=CC(C)(CCCCCCCCC)SC(=O)c1ccccc1. The second kappa shape index (κ2) is 10.7. The minimum atomic E-state index is -0.156. The predicted molar refractivity (Wildman–Crippen MR) is 99.6 cm³/mol. The standard InChI is InChI=1S/C20H30OS/c1-4-6-7-8-9-10-14-17-20(3,5-2)22-19(21)18-15-12-11-13-16-18/h5,11-13,15-16H,2,4,6-10,14,17H2,1,3H3. The van der Waals surface area contributed by atoms with E-state index in [9.17, 15) is 4.79 Å². The molecule has 0 radical (unpaired) electrons. The van der Waals surface area contributed by atoms with Gasteiger partial charge in [0, 0.05) is 10.3 Å². The van der Waals surface area contributed by atoms with E-state index < -0.39 is 0 Å². The van der Waals surface area contributed by atoms with Gasteiger partial charge in [-0.25, -0.2) is 0 Å². The molecular weight excluding hydrogens is 288 g/mol. The summed E-state index contributed by atoms with van der Waals surface area (Å²) < 4.78 is -0.156. The molecule has 0 heterocycles. The van der Waals surface area contributed by atoms with Crippen molar-refractivity contribution in [1.29, 1.82) is 0 Å². The Hall–Kier alpha value is -1.02. The van der Waals surface area contributed by atoms with Gasteiger partial charge in [0.05, 0.1) is 0 Å². The number of unbranched alkanes of at least 4 members (excludes halogenated alkanes) is 6. The Bertz CT molecular complexity index is 440. The average Bonchev–Trinajstić information content (AvgIpc) is 2.55. The zero-order chi connectivity index (χ0) is 16.3. The van der Waals surface area contributed by atoms with Gasteiger partial charge in [-0.3, -0.25) is 4.79 Å². The highest BCUT2D eigenvalue weighted by Gasteiger charge is 2.25. The first-order valence-electron chi connectivity index (χ1n) is 8.53. The van der Waals surface area contributed by atoms with Crippen LogP contribution in [0.1, 0.15) is 75.6 Å². The van der Waals surface area contributed by atoms with Crippen LogP contribution in [0.4, 0.5) is 0 Å². The van der Waals surface area contributed by atoms with Crippen LogP contribution in [0.15, 0.2) is 43.0 Å². The Morgan fingerprint density at radius 1 is 1.09 bits per heavy atom. The second-order valence-corrected chi connectivity index (χ2v) is 7.65. The van der Waals surface area contributed by atoms with Crippen molar-refractivity contribution in [3.05, 3.63) is 48.6 Å². The molecule has 0 N–H and O–H groups in total. The van der Waals surface area contributed by atoms with Gasteiger partial charge in [-0.2, -0.15) is 0 Å². The smallest absolute Gasteiger partial charge is 0.220 e. The van der Waals surface area contributed by atoms with Gasteiger partial charge in [0.15, 0.2) is 0 Å². The minimum absolute atomic E-state index is 0.144. The molecule has 0 aliphatic carbocycles. The fraction of sp³-hybridized carbons (Fsp3) is 0.550. The number of thioether (sulfide) groups is 1. The van der Waals surface area contributed by atoms with Crippen LogP contribution in [0.2, 0.25) is 0 Å². The molecule has 0 aliphatic heterocycles. The zero-order valence-electron chi connectivity index (χ0n) is 14.1. The Labute approximate surface area is 140 Å². The van der Waals surface area contributed by atoms with Crippen LogP contribution in [0.5, 0.6) is 0 Å². The van der Waals surface area contributed by atoms with E-state index in [1.807, 2.05) is 36.4 Å². The Morgan fingerprint density at radius 3 is 2.27 bits per heavy atom. The van der Waals surface area contributed by atoms with Gasteiger partial charge in [-0.1, -0.05) is 100 Å². The summed E-state index contributed by atoms with van der Waals surface area (Å²) in [6, 6.07) is 9.52. The maximum Gasteiger partial charge on any atom is 0.220 e. The maximum atomic E-state index is 12.3. The summed E-state index contributed by atoms with van der Waals surface area (Å²) in [6.45, 7) is 8.32. The molecule has 1 rings (SSSR count). The van der Waals surface area contributed by atoms with Crippen molar-refractivity contribution in [2.45, 2.75) is 70.0 Å². The summed E-state index contributed by atoms with van der Waals surface area (Å²) >= 11 is 1.42. The molecule has 122 valence electrons. The van der Waals surface area contributed by atoms with E-state index in [0.29, 0.717) is 0 Å². The summed E-state index contributed by atoms with van der Waals surface area (Å²) in [5.74, 6) is 0. The highest BCUT2D eigenvalue weighted by molar-refractivity contribution is 8.15.